The van der Waals surface area contributed by atoms with Gasteiger partial charge in [-0.25, -0.2) is 0 Å². The fourth-order valence-corrected chi connectivity index (χ4v) is 2.96. The first kappa shape index (κ1) is 17.9. The standard InChI is InChI=1S/C21H21NO4/c1-13-16-11-14(9-10-17(16)22-19(13)24)18(23)12-26-20(25)21(2,3)15-7-5-4-6-8-15/h4-11,13H,12H2,1-3H3,(H,22,24)/t13-/m1/s1. The van der Waals surface area contributed by atoms with Gasteiger partial charge in [0.1, 0.15) is 0 Å². The van der Waals surface area contributed by atoms with Gasteiger partial charge in [0.15, 0.2) is 12.4 Å². The number of carbonyl (C=O) groups is 3. The summed E-state index contributed by atoms with van der Waals surface area (Å²) < 4.78 is 5.27. The van der Waals surface area contributed by atoms with E-state index in [0.717, 1.165) is 16.8 Å². The third kappa shape index (κ3) is 3.25. The Kier molecular flexibility index (Phi) is 4.64. The first-order valence-electron chi connectivity index (χ1n) is 8.51. The van der Waals surface area contributed by atoms with Gasteiger partial charge in [-0.2, -0.15) is 0 Å². The zero-order valence-electron chi connectivity index (χ0n) is 15.0. The SMILES string of the molecule is C[C@H]1C(=O)Nc2ccc(C(=O)COC(=O)C(C)(C)c3ccccc3)cc21. The number of esters is 1. The molecule has 1 aliphatic heterocycles. The molecule has 1 heterocycles. The van der Waals surface area contributed by atoms with E-state index in [1.807, 2.05) is 30.3 Å². The number of amides is 1. The maximum Gasteiger partial charge on any atom is 0.316 e. The molecule has 0 fully saturated rings. The lowest BCUT2D eigenvalue weighted by Gasteiger charge is -2.22. The third-order valence-corrected chi connectivity index (χ3v) is 4.83. The van der Waals surface area contributed by atoms with Crippen LogP contribution in [0.2, 0.25) is 0 Å². The number of anilines is 1. The van der Waals surface area contributed by atoms with Crippen LogP contribution in [0.3, 0.4) is 0 Å². The molecule has 1 amide bonds. The van der Waals surface area contributed by atoms with Gasteiger partial charge in [0, 0.05) is 11.3 Å². The molecule has 1 atom stereocenters. The minimum atomic E-state index is -0.843. The second-order valence-corrected chi connectivity index (χ2v) is 7.00. The van der Waals surface area contributed by atoms with Gasteiger partial charge in [-0.1, -0.05) is 30.3 Å². The predicted molar refractivity (Wildman–Crippen MR) is 98.2 cm³/mol. The van der Waals surface area contributed by atoms with Crippen molar-refractivity contribution in [3.8, 4) is 0 Å². The summed E-state index contributed by atoms with van der Waals surface area (Å²) in [5.41, 5.74) is 1.92. The Balaban J connectivity index is 1.68. The molecule has 0 spiro atoms. The van der Waals surface area contributed by atoms with Crippen LogP contribution in [0, 0.1) is 0 Å². The van der Waals surface area contributed by atoms with E-state index in [4.69, 9.17) is 4.74 Å². The predicted octanol–water partition coefficient (Wildman–Crippen LogP) is 3.45. The molecule has 1 N–H and O–H groups in total. The Morgan fingerprint density at radius 3 is 2.50 bits per heavy atom. The smallest absolute Gasteiger partial charge is 0.316 e. The van der Waals surface area contributed by atoms with Crippen molar-refractivity contribution < 1.29 is 19.1 Å². The summed E-state index contributed by atoms with van der Waals surface area (Å²) in [7, 11) is 0. The van der Waals surface area contributed by atoms with Gasteiger partial charge in [0.25, 0.3) is 0 Å². The van der Waals surface area contributed by atoms with E-state index >= 15 is 0 Å². The van der Waals surface area contributed by atoms with Crippen molar-refractivity contribution in [2.24, 2.45) is 0 Å². The molecule has 0 aliphatic carbocycles. The van der Waals surface area contributed by atoms with Crippen molar-refractivity contribution in [2.45, 2.75) is 32.1 Å². The van der Waals surface area contributed by atoms with Gasteiger partial charge in [-0.3, -0.25) is 14.4 Å². The number of rotatable bonds is 5. The Bertz CT molecular complexity index is 871. The molecule has 134 valence electrons. The fourth-order valence-electron chi connectivity index (χ4n) is 2.96. The normalized spacial score (nSPS) is 16.0. The first-order chi connectivity index (χ1) is 12.3. The number of ketones is 1. The summed E-state index contributed by atoms with van der Waals surface area (Å²) in [4.78, 5) is 36.6. The summed E-state index contributed by atoms with van der Waals surface area (Å²) in [5.74, 6) is -1.13. The van der Waals surface area contributed by atoms with Gasteiger partial charge in [-0.05, 0) is 50.1 Å². The third-order valence-electron chi connectivity index (χ3n) is 4.83. The van der Waals surface area contributed by atoms with Gasteiger partial charge in [0.2, 0.25) is 5.91 Å². The van der Waals surface area contributed by atoms with Gasteiger partial charge in [-0.15, -0.1) is 0 Å². The molecular weight excluding hydrogens is 330 g/mol. The average Bonchev–Trinajstić information content (AvgIpc) is 2.93. The van der Waals surface area contributed by atoms with Crippen molar-refractivity contribution in [1.29, 1.82) is 0 Å². The van der Waals surface area contributed by atoms with Crippen LogP contribution in [0.1, 0.15) is 48.2 Å². The van der Waals surface area contributed by atoms with Crippen molar-refractivity contribution in [1.82, 2.24) is 0 Å². The zero-order valence-corrected chi connectivity index (χ0v) is 15.0. The molecule has 0 saturated carbocycles. The molecular formula is C21H21NO4. The van der Waals surface area contributed by atoms with Crippen molar-refractivity contribution in [2.75, 3.05) is 11.9 Å². The maximum atomic E-state index is 12.5. The van der Waals surface area contributed by atoms with Crippen LogP contribution in [-0.4, -0.2) is 24.3 Å². The Labute approximate surface area is 152 Å². The van der Waals surface area contributed by atoms with E-state index in [9.17, 15) is 14.4 Å². The molecule has 5 heteroatoms. The molecule has 0 aromatic heterocycles. The summed E-state index contributed by atoms with van der Waals surface area (Å²) in [6.45, 7) is 4.99. The molecule has 1 aliphatic rings. The molecule has 0 unspecified atom stereocenters. The average molecular weight is 351 g/mol. The number of hydrogen-bond donors (Lipinski definition) is 1. The summed E-state index contributed by atoms with van der Waals surface area (Å²) in [6, 6.07) is 14.3. The van der Waals surface area contributed by atoms with Crippen LogP contribution < -0.4 is 5.32 Å². The number of nitrogens with one attached hydrogen (secondary N) is 1. The highest BCUT2D eigenvalue weighted by atomic mass is 16.5. The highest BCUT2D eigenvalue weighted by Gasteiger charge is 2.32. The number of Topliss-reactive ketones (excluding diaryl/α,β-unsaturated/α-hetero) is 1. The van der Waals surface area contributed by atoms with E-state index in [1.165, 1.54) is 0 Å². The van der Waals surface area contributed by atoms with Crippen molar-refractivity contribution >= 4 is 23.3 Å². The molecule has 0 saturated heterocycles. The summed E-state index contributed by atoms with van der Waals surface area (Å²) >= 11 is 0. The second kappa shape index (κ2) is 6.75. The quantitative estimate of drug-likeness (QED) is 0.661. The summed E-state index contributed by atoms with van der Waals surface area (Å²) in [6.07, 6.45) is 0. The zero-order chi connectivity index (χ0) is 18.9. The molecule has 2 aromatic rings. The largest absolute Gasteiger partial charge is 0.457 e. The molecule has 5 nitrogen and oxygen atoms in total. The van der Waals surface area contributed by atoms with E-state index in [-0.39, 0.29) is 24.2 Å². The van der Waals surface area contributed by atoms with E-state index in [0.29, 0.717) is 5.56 Å². The second-order valence-electron chi connectivity index (χ2n) is 7.00. The fraction of sp³-hybridized carbons (Fsp3) is 0.286. The highest BCUT2D eigenvalue weighted by Crippen LogP contribution is 2.32. The molecule has 3 rings (SSSR count). The van der Waals surface area contributed by atoms with Gasteiger partial charge < -0.3 is 10.1 Å². The lowest BCUT2D eigenvalue weighted by Crippen LogP contribution is -2.32. The van der Waals surface area contributed by atoms with Crippen LogP contribution in [0.5, 0.6) is 0 Å². The minimum absolute atomic E-state index is 0.0827. The number of ether oxygens (including phenoxy) is 1. The Morgan fingerprint density at radius 1 is 1.12 bits per heavy atom. The summed E-state index contributed by atoms with van der Waals surface area (Å²) in [5, 5.41) is 2.77. The number of benzene rings is 2. The Morgan fingerprint density at radius 2 is 1.81 bits per heavy atom. The lowest BCUT2D eigenvalue weighted by atomic mass is 9.85. The van der Waals surface area contributed by atoms with Crippen molar-refractivity contribution in [3.63, 3.8) is 0 Å². The molecule has 0 radical (unpaired) electrons. The minimum Gasteiger partial charge on any atom is -0.457 e. The molecule has 26 heavy (non-hydrogen) atoms. The topological polar surface area (TPSA) is 72.5 Å². The van der Waals surface area contributed by atoms with E-state index in [1.54, 1.807) is 39.0 Å². The van der Waals surface area contributed by atoms with Gasteiger partial charge in [0.05, 0.1) is 11.3 Å². The van der Waals surface area contributed by atoms with Crippen LogP contribution in [0.25, 0.3) is 0 Å². The van der Waals surface area contributed by atoms with E-state index < -0.39 is 11.4 Å². The molecule has 2 aromatic carbocycles. The van der Waals surface area contributed by atoms with Crippen LogP contribution in [-0.2, 0) is 19.7 Å². The lowest BCUT2D eigenvalue weighted by molar-refractivity contribution is -0.148. The van der Waals surface area contributed by atoms with Crippen LogP contribution in [0.15, 0.2) is 48.5 Å². The van der Waals surface area contributed by atoms with Crippen LogP contribution >= 0.6 is 0 Å². The van der Waals surface area contributed by atoms with Gasteiger partial charge >= 0.3 is 5.97 Å². The highest BCUT2D eigenvalue weighted by molar-refractivity contribution is 6.05. The van der Waals surface area contributed by atoms with E-state index in [2.05, 4.69) is 5.32 Å². The monoisotopic (exact) mass is 351 g/mol. The maximum absolute atomic E-state index is 12.5. The number of fused-ring (bicyclic) bond motifs is 1. The Hall–Kier alpha value is -2.95. The molecule has 0 bridgehead atoms. The van der Waals surface area contributed by atoms with Crippen LogP contribution in [0.4, 0.5) is 5.69 Å². The number of carbonyl (C=O) groups excluding carboxylic acids is 3. The first-order valence-corrected chi connectivity index (χ1v) is 8.51. The van der Waals surface area contributed by atoms with Crippen molar-refractivity contribution in [3.05, 3.63) is 65.2 Å². The number of hydrogen-bond acceptors (Lipinski definition) is 4.